The van der Waals surface area contributed by atoms with E-state index < -0.39 is 0 Å². The number of amides is 2. The lowest BCUT2D eigenvalue weighted by Gasteiger charge is -2.31. The van der Waals surface area contributed by atoms with Crippen LogP contribution < -0.4 is 5.32 Å². The number of nitrogens with zero attached hydrogens (tertiary/aromatic N) is 1. The summed E-state index contributed by atoms with van der Waals surface area (Å²) in [5.41, 5.74) is 3.94. The first-order valence-corrected chi connectivity index (χ1v) is 10.5. The van der Waals surface area contributed by atoms with Gasteiger partial charge in [-0.15, -0.1) is 0 Å². The van der Waals surface area contributed by atoms with Gasteiger partial charge in [0.15, 0.2) is 0 Å². The number of benzene rings is 2. The molecule has 4 nitrogen and oxygen atoms in total. The van der Waals surface area contributed by atoms with Crippen LogP contribution in [-0.2, 0) is 28.9 Å². The van der Waals surface area contributed by atoms with Gasteiger partial charge in [0.2, 0.25) is 11.8 Å². The zero-order valence-corrected chi connectivity index (χ0v) is 17.2. The van der Waals surface area contributed by atoms with Gasteiger partial charge in [0, 0.05) is 24.7 Å². The topological polar surface area (TPSA) is 49.4 Å². The maximum Gasteiger partial charge on any atom is 0.227 e. The number of carbonyl (C=O) groups is 2. The predicted molar refractivity (Wildman–Crippen MR) is 113 cm³/mol. The maximum absolute atomic E-state index is 13.3. The molecule has 0 bridgehead atoms. The number of hydrogen-bond acceptors (Lipinski definition) is 2. The number of aryl methyl sites for hydroxylation is 2. The van der Waals surface area contributed by atoms with Crippen LogP contribution in [0.25, 0.3) is 0 Å². The highest BCUT2D eigenvalue weighted by molar-refractivity contribution is 5.94. The number of rotatable bonds is 6. The Bertz CT molecular complexity index is 851. The summed E-state index contributed by atoms with van der Waals surface area (Å²) in [7, 11) is 0. The summed E-state index contributed by atoms with van der Waals surface area (Å²) in [4.78, 5) is 27.2. The Morgan fingerprint density at radius 2 is 1.66 bits per heavy atom. The van der Waals surface area contributed by atoms with E-state index in [1.165, 1.54) is 12.1 Å². The molecule has 1 fully saturated rings. The fraction of sp³-hybridized carbons (Fsp3) is 0.417. The van der Waals surface area contributed by atoms with Crippen LogP contribution in [0.15, 0.2) is 42.5 Å². The van der Waals surface area contributed by atoms with Crippen molar-refractivity contribution < 1.29 is 14.0 Å². The van der Waals surface area contributed by atoms with Crippen molar-refractivity contribution in [1.82, 2.24) is 4.90 Å². The second-order valence-corrected chi connectivity index (χ2v) is 7.61. The van der Waals surface area contributed by atoms with Gasteiger partial charge in [-0.2, -0.15) is 0 Å². The third-order valence-corrected chi connectivity index (χ3v) is 5.71. The number of carbonyl (C=O) groups excluding carboxylic acids is 2. The minimum atomic E-state index is -0.329. The third-order valence-electron chi connectivity index (χ3n) is 5.71. The molecule has 0 aromatic heterocycles. The molecule has 0 saturated carbocycles. The average molecular weight is 397 g/mol. The first-order chi connectivity index (χ1) is 14.0. The lowest BCUT2D eigenvalue weighted by Crippen LogP contribution is -2.42. The minimum Gasteiger partial charge on any atom is -0.342 e. The first-order valence-electron chi connectivity index (χ1n) is 10.5. The number of piperidine rings is 1. The molecular weight excluding hydrogens is 367 g/mol. The molecule has 0 spiro atoms. The van der Waals surface area contributed by atoms with Crippen LogP contribution in [0.2, 0.25) is 0 Å². The molecule has 5 heteroatoms. The summed E-state index contributed by atoms with van der Waals surface area (Å²) >= 11 is 0. The lowest BCUT2D eigenvalue weighted by molar-refractivity contribution is -0.133. The lowest BCUT2D eigenvalue weighted by atomic mass is 9.94. The molecule has 1 aliphatic heterocycles. The van der Waals surface area contributed by atoms with Crippen LogP contribution >= 0.6 is 0 Å². The highest BCUT2D eigenvalue weighted by Crippen LogP contribution is 2.25. The second-order valence-electron chi connectivity index (χ2n) is 7.61. The van der Waals surface area contributed by atoms with E-state index in [0.29, 0.717) is 31.5 Å². The Morgan fingerprint density at radius 3 is 2.24 bits per heavy atom. The van der Waals surface area contributed by atoms with E-state index >= 15 is 0 Å². The molecule has 0 radical (unpaired) electrons. The van der Waals surface area contributed by atoms with Gasteiger partial charge >= 0.3 is 0 Å². The maximum atomic E-state index is 13.3. The Kier molecular flexibility index (Phi) is 7.02. The van der Waals surface area contributed by atoms with E-state index in [2.05, 4.69) is 31.3 Å². The van der Waals surface area contributed by atoms with Crippen LogP contribution in [0.3, 0.4) is 0 Å². The Labute approximate surface area is 172 Å². The molecule has 1 heterocycles. The zero-order valence-electron chi connectivity index (χ0n) is 17.2. The molecule has 29 heavy (non-hydrogen) atoms. The quantitative estimate of drug-likeness (QED) is 0.788. The summed E-state index contributed by atoms with van der Waals surface area (Å²) in [6.45, 7) is 5.30. The van der Waals surface area contributed by atoms with Gasteiger partial charge < -0.3 is 10.2 Å². The molecule has 154 valence electrons. The number of likely N-dealkylation sites (tertiary alicyclic amines) is 1. The highest BCUT2D eigenvalue weighted by Gasteiger charge is 2.28. The number of nitrogens with one attached hydrogen (secondary N) is 1. The molecule has 0 aliphatic carbocycles. The van der Waals surface area contributed by atoms with Crippen molar-refractivity contribution in [3.05, 3.63) is 65.0 Å². The normalized spacial score (nSPS) is 14.7. The van der Waals surface area contributed by atoms with E-state index in [0.717, 1.165) is 29.7 Å². The van der Waals surface area contributed by atoms with E-state index in [1.54, 1.807) is 17.0 Å². The van der Waals surface area contributed by atoms with Crippen molar-refractivity contribution in [2.24, 2.45) is 5.92 Å². The number of halogens is 1. The van der Waals surface area contributed by atoms with Gasteiger partial charge in [0.25, 0.3) is 0 Å². The van der Waals surface area contributed by atoms with Gasteiger partial charge in [0.1, 0.15) is 5.82 Å². The Balaban J connectivity index is 1.57. The first kappa shape index (κ1) is 21.0. The van der Waals surface area contributed by atoms with Gasteiger partial charge in [-0.3, -0.25) is 9.59 Å². The fourth-order valence-electron chi connectivity index (χ4n) is 3.95. The van der Waals surface area contributed by atoms with Crippen LogP contribution in [0.1, 0.15) is 43.4 Å². The minimum absolute atomic E-state index is 0.0148. The molecule has 2 aromatic rings. The summed E-state index contributed by atoms with van der Waals surface area (Å²) in [5.74, 6) is -0.399. The van der Waals surface area contributed by atoms with Crippen molar-refractivity contribution in [1.29, 1.82) is 0 Å². The van der Waals surface area contributed by atoms with Gasteiger partial charge in [-0.1, -0.05) is 44.2 Å². The van der Waals surface area contributed by atoms with E-state index in [1.807, 2.05) is 6.07 Å². The van der Waals surface area contributed by atoms with E-state index in [-0.39, 0.29) is 30.0 Å². The summed E-state index contributed by atoms with van der Waals surface area (Å²) in [5, 5.41) is 3.16. The number of hydrogen-bond donors (Lipinski definition) is 1. The van der Waals surface area contributed by atoms with Crippen molar-refractivity contribution in [3.8, 4) is 0 Å². The number of anilines is 1. The fourth-order valence-corrected chi connectivity index (χ4v) is 3.95. The standard InChI is InChI=1S/C24H29FN2O2/c1-3-18-8-6-9-19(4-2)23(18)26-24(29)20-11-13-27(14-12-20)22(28)16-17-7-5-10-21(25)15-17/h5-10,15,20H,3-4,11-14,16H2,1-2H3,(H,26,29). The molecular formula is C24H29FN2O2. The van der Waals surface area contributed by atoms with Gasteiger partial charge in [-0.05, 0) is 54.5 Å². The Morgan fingerprint density at radius 1 is 1.03 bits per heavy atom. The molecule has 2 amide bonds. The highest BCUT2D eigenvalue weighted by atomic mass is 19.1. The Hall–Kier alpha value is -2.69. The molecule has 0 atom stereocenters. The summed E-state index contributed by atoms with van der Waals surface area (Å²) < 4.78 is 13.3. The van der Waals surface area contributed by atoms with Crippen molar-refractivity contribution >= 4 is 17.5 Å². The van der Waals surface area contributed by atoms with Crippen LogP contribution in [0.5, 0.6) is 0 Å². The van der Waals surface area contributed by atoms with Gasteiger partial charge in [0.05, 0.1) is 6.42 Å². The monoisotopic (exact) mass is 396 g/mol. The predicted octanol–water partition coefficient (Wildman–Crippen LogP) is 4.37. The number of para-hydroxylation sites is 1. The molecule has 1 aliphatic rings. The third kappa shape index (κ3) is 5.22. The van der Waals surface area contributed by atoms with Crippen molar-refractivity contribution in [2.45, 2.75) is 46.0 Å². The summed E-state index contributed by atoms with van der Waals surface area (Å²) in [6, 6.07) is 12.3. The van der Waals surface area contributed by atoms with Gasteiger partial charge in [-0.25, -0.2) is 4.39 Å². The molecule has 1 N–H and O–H groups in total. The van der Waals surface area contributed by atoms with E-state index in [9.17, 15) is 14.0 Å². The SMILES string of the molecule is CCc1cccc(CC)c1NC(=O)C1CCN(C(=O)Cc2cccc(F)c2)CC1. The molecule has 0 unspecified atom stereocenters. The summed E-state index contributed by atoms with van der Waals surface area (Å²) in [6.07, 6.45) is 3.23. The molecule has 3 rings (SSSR count). The largest absolute Gasteiger partial charge is 0.342 e. The zero-order chi connectivity index (χ0) is 20.8. The van der Waals surface area contributed by atoms with Crippen LogP contribution in [0, 0.1) is 11.7 Å². The molecule has 2 aromatic carbocycles. The average Bonchev–Trinajstić information content (AvgIpc) is 2.74. The van der Waals surface area contributed by atoms with Crippen LogP contribution in [-0.4, -0.2) is 29.8 Å². The second kappa shape index (κ2) is 9.68. The molecule has 1 saturated heterocycles. The van der Waals surface area contributed by atoms with E-state index in [4.69, 9.17) is 0 Å². The van der Waals surface area contributed by atoms with Crippen molar-refractivity contribution in [3.63, 3.8) is 0 Å². The van der Waals surface area contributed by atoms with Crippen LogP contribution in [0.4, 0.5) is 10.1 Å². The smallest absolute Gasteiger partial charge is 0.227 e. The van der Waals surface area contributed by atoms with Crippen molar-refractivity contribution in [2.75, 3.05) is 18.4 Å².